The van der Waals surface area contributed by atoms with Crippen LogP contribution in [0, 0.1) is 22.7 Å². The predicted molar refractivity (Wildman–Crippen MR) is 92.8 cm³/mol. The molecule has 26 heavy (non-hydrogen) atoms. The van der Waals surface area contributed by atoms with Crippen LogP contribution >= 0.6 is 0 Å². The van der Waals surface area contributed by atoms with Crippen molar-refractivity contribution in [3.8, 4) is 0 Å². The molecular weight excluding hydrogens is 336 g/mol. The predicted octanol–water partition coefficient (Wildman–Crippen LogP) is 1.52. The molecule has 1 saturated heterocycles. The molecule has 0 radical (unpaired) electrons. The Kier molecular flexibility index (Phi) is 4.09. The molecule has 2 aliphatic carbocycles. The minimum absolute atomic E-state index is 0.0955. The molecule has 0 bridgehead atoms. The molecule has 2 saturated carbocycles. The number of hydrogen-bond donors (Lipinski definition) is 3. The van der Waals surface area contributed by atoms with E-state index in [1.165, 1.54) is 6.08 Å². The molecule has 6 nitrogen and oxygen atoms in total. The maximum absolute atomic E-state index is 11.9. The summed E-state index contributed by atoms with van der Waals surface area (Å²) < 4.78 is 10.6. The van der Waals surface area contributed by atoms with Gasteiger partial charge in [0, 0.05) is 11.0 Å². The molecule has 146 valence electrons. The minimum Gasteiger partial charge on any atom is -0.429 e. The molecule has 3 N–H and O–H groups in total. The molecule has 0 aromatic carbocycles. The number of aliphatic hydroxyl groups excluding tert-OH is 3. The minimum atomic E-state index is -1.13. The summed E-state index contributed by atoms with van der Waals surface area (Å²) >= 11 is 0. The van der Waals surface area contributed by atoms with E-state index in [0.29, 0.717) is 30.9 Å². The number of carbonyl (C=O) groups is 1. The topological polar surface area (TPSA) is 99.5 Å². The van der Waals surface area contributed by atoms with Crippen LogP contribution in [0.5, 0.6) is 0 Å². The Bertz CT molecular complexity index is 640. The molecule has 4 aliphatic rings. The molecule has 2 heterocycles. The van der Waals surface area contributed by atoms with Crippen molar-refractivity contribution in [1.29, 1.82) is 0 Å². The van der Waals surface area contributed by atoms with Gasteiger partial charge in [0.25, 0.3) is 0 Å². The van der Waals surface area contributed by atoms with Gasteiger partial charge < -0.3 is 24.8 Å². The van der Waals surface area contributed by atoms with Gasteiger partial charge in [-0.2, -0.15) is 0 Å². The van der Waals surface area contributed by atoms with E-state index in [4.69, 9.17) is 9.47 Å². The maximum atomic E-state index is 11.9. The van der Waals surface area contributed by atoms with E-state index in [1.54, 1.807) is 0 Å². The van der Waals surface area contributed by atoms with E-state index in [2.05, 4.69) is 20.8 Å². The van der Waals surface area contributed by atoms with E-state index in [9.17, 15) is 20.1 Å². The summed E-state index contributed by atoms with van der Waals surface area (Å²) in [6, 6.07) is 0. The number of esters is 1. The van der Waals surface area contributed by atoms with Gasteiger partial charge in [0.15, 0.2) is 0 Å². The normalized spacial score (nSPS) is 53.2. The number of cyclic esters (lactones) is 1. The van der Waals surface area contributed by atoms with Gasteiger partial charge in [0.1, 0.15) is 11.7 Å². The highest BCUT2D eigenvalue weighted by Crippen LogP contribution is 2.68. The molecule has 6 heteroatoms. The Hall–Kier alpha value is -0.950. The first-order valence-electron chi connectivity index (χ1n) is 9.74. The van der Waals surface area contributed by atoms with Crippen molar-refractivity contribution in [3.63, 3.8) is 0 Å². The summed E-state index contributed by atoms with van der Waals surface area (Å²) in [6.07, 6.45) is 2.64. The molecule has 0 amide bonds. The largest absolute Gasteiger partial charge is 0.429 e. The zero-order chi connectivity index (χ0) is 18.9. The Morgan fingerprint density at radius 1 is 1.27 bits per heavy atom. The van der Waals surface area contributed by atoms with Crippen LogP contribution < -0.4 is 0 Å². The van der Waals surface area contributed by atoms with Crippen LogP contribution in [-0.4, -0.2) is 52.0 Å². The van der Waals surface area contributed by atoms with Crippen molar-refractivity contribution in [2.24, 2.45) is 22.7 Å². The first-order valence-corrected chi connectivity index (χ1v) is 9.74. The zero-order valence-corrected chi connectivity index (χ0v) is 15.8. The monoisotopic (exact) mass is 366 g/mol. The van der Waals surface area contributed by atoms with Crippen molar-refractivity contribution < 1.29 is 29.6 Å². The molecule has 4 rings (SSSR count). The SMILES string of the molecule is C[C@H]1CC[C@@]2(C)[C@@H](C[C@@H](O)[C@@H](O)[C@@]23CO3)[C@@]1(C)CCC1=C[C@@H](O)OC1=O. The molecule has 3 fully saturated rings. The Morgan fingerprint density at radius 3 is 2.54 bits per heavy atom. The lowest BCUT2D eigenvalue weighted by Crippen LogP contribution is -2.65. The number of rotatable bonds is 3. The quantitative estimate of drug-likeness (QED) is 0.517. The van der Waals surface area contributed by atoms with Gasteiger partial charge in [-0.3, -0.25) is 0 Å². The van der Waals surface area contributed by atoms with Crippen LogP contribution in [0.2, 0.25) is 0 Å². The Morgan fingerprint density at radius 2 is 1.96 bits per heavy atom. The van der Waals surface area contributed by atoms with Crippen LogP contribution in [0.15, 0.2) is 11.6 Å². The molecule has 0 aromatic heterocycles. The average molecular weight is 366 g/mol. The van der Waals surface area contributed by atoms with Gasteiger partial charge >= 0.3 is 5.97 Å². The number of ether oxygens (including phenoxy) is 2. The molecule has 2 aliphatic heterocycles. The lowest BCUT2D eigenvalue weighted by molar-refractivity contribution is -0.197. The summed E-state index contributed by atoms with van der Waals surface area (Å²) in [7, 11) is 0. The number of fused-ring (bicyclic) bond motifs is 2. The lowest BCUT2D eigenvalue weighted by Gasteiger charge is -2.61. The molecule has 0 aromatic rings. The zero-order valence-electron chi connectivity index (χ0n) is 15.8. The summed E-state index contributed by atoms with van der Waals surface area (Å²) in [4.78, 5) is 11.9. The van der Waals surface area contributed by atoms with Crippen molar-refractivity contribution in [2.75, 3.05) is 6.61 Å². The second-order valence-electron chi connectivity index (χ2n) is 9.33. The molecule has 8 atom stereocenters. The van der Waals surface area contributed by atoms with Crippen LogP contribution in [0.3, 0.4) is 0 Å². The van der Waals surface area contributed by atoms with E-state index in [1.807, 2.05) is 0 Å². The lowest BCUT2D eigenvalue weighted by atomic mass is 9.43. The van der Waals surface area contributed by atoms with Crippen molar-refractivity contribution in [3.05, 3.63) is 11.6 Å². The highest BCUT2D eigenvalue weighted by Gasteiger charge is 2.73. The Labute approximate surface area is 154 Å². The third-order valence-corrected chi connectivity index (χ3v) is 8.30. The van der Waals surface area contributed by atoms with Gasteiger partial charge in [0.2, 0.25) is 6.29 Å². The van der Waals surface area contributed by atoms with Crippen molar-refractivity contribution >= 4 is 5.97 Å². The van der Waals surface area contributed by atoms with Crippen molar-refractivity contribution in [2.45, 2.75) is 77.0 Å². The van der Waals surface area contributed by atoms with Crippen LogP contribution in [0.1, 0.15) is 52.9 Å². The van der Waals surface area contributed by atoms with Gasteiger partial charge in [-0.05, 0) is 55.4 Å². The maximum Gasteiger partial charge on any atom is 0.336 e. The van der Waals surface area contributed by atoms with E-state index in [0.717, 1.165) is 19.3 Å². The van der Waals surface area contributed by atoms with Gasteiger partial charge in [0.05, 0.1) is 12.7 Å². The Balaban J connectivity index is 1.62. The fraction of sp³-hybridized carbons (Fsp3) is 0.850. The first kappa shape index (κ1) is 18.4. The fourth-order valence-electron chi connectivity index (χ4n) is 6.19. The van der Waals surface area contributed by atoms with Crippen LogP contribution in [0.4, 0.5) is 0 Å². The van der Waals surface area contributed by atoms with Crippen LogP contribution in [-0.2, 0) is 14.3 Å². The van der Waals surface area contributed by atoms with E-state index >= 15 is 0 Å². The second kappa shape index (κ2) is 5.77. The first-order chi connectivity index (χ1) is 12.1. The highest BCUT2D eigenvalue weighted by atomic mass is 16.6. The van der Waals surface area contributed by atoms with Crippen molar-refractivity contribution in [1.82, 2.24) is 0 Å². The summed E-state index contributed by atoms with van der Waals surface area (Å²) in [5.41, 5.74) is -0.371. The number of carbonyl (C=O) groups excluding carboxylic acids is 1. The smallest absolute Gasteiger partial charge is 0.336 e. The standard InChI is InChI=1S/C20H30O6/c1-11-4-7-19(3)14(9-13(21)16(23)20(19)10-25-20)18(11,2)6-5-12-8-15(22)26-17(12)24/h8,11,13-16,21-23H,4-7,9-10H2,1-3H3/t11-,13+,14-,15-,16+,18-,19-,20-/m0/s1. The third kappa shape index (κ3) is 2.35. The van der Waals surface area contributed by atoms with E-state index < -0.39 is 30.1 Å². The number of hydrogen-bond acceptors (Lipinski definition) is 6. The highest BCUT2D eigenvalue weighted by molar-refractivity contribution is 5.90. The molecular formula is C20H30O6. The number of epoxide rings is 1. The summed E-state index contributed by atoms with van der Waals surface area (Å²) in [5.74, 6) is 0.192. The summed E-state index contributed by atoms with van der Waals surface area (Å²) in [6.45, 7) is 7.20. The van der Waals surface area contributed by atoms with Gasteiger partial charge in [-0.25, -0.2) is 4.79 Å². The molecule has 0 unspecified atom stereocenters. The van der Waals surface area contributed by atoms with Crippen LogP contribution in [0.25, 0.3) is 0 Å². The molecule has 1 spiro atoms. The van der Waals surface area contributed by atoms with E-state index in [-0.39, 0.29) is 16.7 Å². The second-order valence-corrected chi connectivity index (χ2v) is 9.33. The number of aliphatic hydroxyl groups is 3. The van der Waals surface area contributed by atoms with Gasteiger partial charge in [-0.15, -0.1) is 0 Å². The van der Waals surface area contributed by atoms with Gasteiger partial charge in [-0.1, -0.05) is 20.8 Å². The fourth-order valence-corrected chi connectivity index (χ4v) is 6.19. The summed E-state index contributed by atoms with van der Waals surface area (Å²) in [5, 5.41) is 30.6. The average Bonchev–Trinajstić information content (AvgIpc) is 3.33. The third-order valence-electron chi connectivity index (χ3n) is 8.30.